The molecule has 1 aliphatic heterocycles. The van der Waals surface area contributed by atoms with Gasteiger partial charge in [0.2, 0.25) is 5.91 Å². The normalized spacial score (nSPS) is 32.8. The number of hydrogen-bond donors (Lipinski definition) is 2. The van der Waals surface area contributed by atoms with Crippen LogP contribution in [0, 0.1) is 0 Å². The van der Waals surface area contributed by atoms with Gasteiger partial charge in [-0.25, -0.2) is 0 Å². The molecule has 0 aromatic rings. The van der Waals surface area contributed by atoms with Gasteiger partial charge >= 0.3 is 0 Å². The van der Waals surface area contributed by atoms with Crippen LogP contribution in [-0.4, -0.2) is 36.5 Å². The number of likely N-dealkylation sites (tertiary alicyclic amines) is 1. The summed E-state index contributed by atoms with van der Waals surface area (Å²) < 4.78 is 0. The number of amides is 1. The van der Waals surface area contributed by atoms with Gasteiger partial charge < -0.3 is 16.4 Å². The Kier molecular flexibility index (Phi) is 2.69. The summed E-state index contributed by atoms with van der Waals surface area (Å²) in [7, 11) is 2.03. The molecular formula is C8H17N3O. The first-order valence-electron chi connectivity index (χ1n) is 4.32. The van der Waals surface area contributed by atoms with Crippen molar-refractivity contribution in [2.24, 2.45) is 11.5 Å². The third-order valence-corrected chi connectivity index (χ3v) is 2.59. The highest BCUT2D eigenvalue weighted by atomic mass is 16.1. The summed E-state index contributed by atoms with van der Waals surface area (Å²) in [6.45, 7) is 1.87. The first-order valence-corrected chi connectivity index (χ1v) is 4.32. The number of hydrogen-bond acceptors (Lipinski definition) is 3. The van der Waals surface area contributed by atoms with E-state index in [2.05, 4.69) is 4.90 Å². The van der Waals surface area contributed by atoms with E-state index < -0.39 is 5.54 Å². The third-order valence-electron chi connectivity index (χ3n) is 2.59. The number of carbonyl (C=O) groups is 1. The van der Waals surface area contributed by atoms with Crippen LogP contribution in [0.1, 0.15) is 19.3 Å². The lowest BCUT2D eigenvalue weighted by molar-refractivity contribution is -0.123. The number of nitrogens with zero attached hydrogens (tertiary/aromatic N) is 1. The van der Waals surface area contributed by atoms with Crippen molar-refractivity contribution < 1.29 is 4.79 Å². The van der Waals surface area contributed by atoms with E-state index in [9.17, 15) is 4.79 Å². The van der Waals surface area contributed by atoms with E-state index in [0.717, 1.165) is 19.5 Å². The van der Waals surface area contributed by atoms with Crippen molar-refractivity contribution in [3.63, 3.8) is 0 Å². The molecule has 70 valence electrons. The molecule has 0 saturated carbocycles. The van der Waals surface area contributed by atoms with E-state index in [0.29, 0.717) is 12.8 Å². The van der Waals surface area contributed by atoms with Crippen LogP contribution >= 0.6 is 0 Å². The van der Waals surface area contributed by atoms with Crippen molar-refractivity contribution in [3.8, 4) is 0 Å². The van der Waals surface area contributed by atoms with Crippen LogP contribution in [0.2, 0.25) is 0 Å². The standard InChI is InChI=1S/C8H17N3O/c1-11-5-2-3-8(10,4-6-11)7(9)12/h2-6,10H2,1H3,(H2,9,12). The summed E-state index contributed by atoms with van der Waals surface area (Å²) in [6, 6.07) is 0. The lowest BCUT2D eigenvalue weighted by atomic mass is 9.91. The number of rotatable bonds is 1. The SMILES string of the molecule is CN1CCCC(N)(C(N)=O)CC1. The van der Waals surface area contributed by atoms with E-state index in [-0.39, 0.29) is 5.91 Å². The number of nitrogens with two attached hydrogens (primary N) is 2. The molecule has 0 aromatic heterocycles. The predicted octanol–water partition coefficient (Wildman–Crippen LogP) is -0.715. The smallest absolute Gasteiger partial charge is 0.237 e. The van der Waals surface area contributed by atoms with Gasteiger partial charge in [0.15, 0.2) is 0 Å². The first-order chi connectivity index (χ1) is 5.54. The van der Waals surface area contributed by atoms with E-state index in [1.807, 2.05) is 7.05 Å². The van der Waals surface area contributed by atoms with Gasteiger partial charge in [0.25, 0.3) is 0 Å². The van der Waals surface area contributed by atoms with E-state index in [1.165, 1.54) is 0 Å². The number of carbonyl (C=O) groups excluding carboxylic acids is 1. The molecule has 0 spiro atoms. The van der Waals surface area contributed by atoms with Crippen LogP contribution in [-0.2, 0) is 4.79 Å². The van der Waals surface area contributed by atoms with E-state index in [1.54, 1.807) is 0 Å². The van der Waals surface area contributed by atoms with Gasteiger partial charge in [-0.15, -0.1) is 0 Å². The fourth-order valence-electron chi connectivity index (χ4n) is 1.54. The maximum absolute atomic E-state index is 11.0. The van der Waals surface area contributed by atoms with Crippen LogP contribution in [0.25, 0.3) is 0 Å². The van der Waals surface area contributed by atoms with Crippen molar-refractivity contribution >= 4 is 5.91 Å². The molecule has 1 saturated heterocycles. The number of primary amides is 1. The Morgan fingerprint density at radius 2 is 2.08 bits per heavy atom. The van der Waals surface area contributed by atoms with Gasteiger partial charge in [-0.3, -0.25) is 4.79 Å². The molecule has 1 rings (SSSR count). The Hall–Kier alpha value is -0.610. The molecule has 4 heteroatoms. The molecule has 1 unspecified atom stereocenters. The van der Waals surface area contributed by atoms with Crippen LogP contribution in [0.15, 0.2) is 0 Å². The largest absolute Gasteiger partial charge is 0.368 e. The van der Waals surface area contributed by atoms with E-state index >= 15 is 0 Å². The zero-order chi connectivity index (χ0) is 9.19. The van der Waals surface area contributed by atoms with Gasteiger partial charge in [-0.05, 0) is 32.9 Å². The van der Waals surface area contributed by atoms with Crippen LogP contribution in [0.5, 0.6) is 0 Å². The molecule has 1 amide bonds. The Morgan fingerprint density at radius 1 is 1.42 bits per heavy atom. The highest BCUT2D eigenvalue weighted by Gasteiger charge is 2.32. The molecule has 1 aliphatic rings. The highest BCUT2D eigenvalue weighted by molar-refractivity contribution is 5.84. The summed E-state index contributed by atoms with van der Waals surface area (Å²) >= 11 is 0. The first kappa shape index (κ1) is 9.48. The second-order valence-corrected chi connectivity index (χ2v) is 3.68. The predicted molar refractivity (Wildman–Crippen MR) is 47.5 cm³/mol. The second-order valence-electron chi connectivity index (χ2n) is 3.68. The molecule has 0 aromatic carbocycles. The molecule has 0 aliphatic carbocycles. The highest BCUT2D eigenvalue weighted by Crippen LogP contribution is 2.18. The molecule has 4 N–H and O–H groups in total. The van der Waals surface area contributed by atoms with Crippen molar-refractivity contribution in [2.45, 2.75) is 24.8 Å². The molecule has 0 radical (unpaired) electrons. The van der Waals surface area contributed by atoms with Crippen molar-refractivity contribution in [1.82, 2.24) is 4.90 Å². The third kappa shape index (κ3) is 1.95. The quantitative estimate of drug-likeness (QED) is 0.547. The average Bonchev–Trinajstić information content (AvgIpc) is 2.15. The Morgan fingerprint density at radius 3 is 2.67 bits per heavy atom. The molecule has 1 atom stereocenters. The summed E-state index contributed by atoms with van der Waals surface area (Å²) in [5, 5.41) is 0. The molecule has 1 fully saturated rings. The summed E-state index contributed by atoms with van der Waals surface area (Å²) in [5.74, 6) is -0.363. The average molecular weight is 171 g/mol. The zero-order valence-corrected chi connectivity index (χ0v) is 7.55. The molecular weight excluding hydrogens is 154 g/mol. The van der Waals surface area contributed by atoms with Gasteiger partial charge in [-0.2, -0.15) is 0 Å². The monoisotopic (exact) mass is 171 g/mol. The minimum Gasteiger partial charge on any atom is -0.368 e. The summed E-state index contributed by atoms with van der Waals surface area (Å²) in [6.07, 6.45) is 2.35. The fourth-order valence-corrected chi connectivity index (χ4v) is 1.54. The van der Waals surface area contributed by atoms with Crippen LogP contribution in [0.3, 0.4) is 0 Å². The molecule has 1 heterocycles. The van der Waals surface area contributed by atoms with Crippen LogP contribution < -0.4 is 11.5 Å². The second kappa shape index (κ2) is 3.41. The molecule has 12 heavy (non-hydrogen) atoms. The maximum Gasteiger partial charge on any atom is 0.237 e. The van der Waals surface area contributed by atoms with Crippen molar-refractivity contribution in [1.29, 1.82) is 0 Å². The van der Waals surface area contributed by atoms with Crippen molar-refractivity contribution in [2.75, 3.05) is 20.1 Å². The Labute approximate surface area is 72.9 Å². The minimum absolute atomic E-state index is 0.363. The Balaban J connectivity index is 2.61. The van der Waals surface area contributed by atoms with Crippen molar-refractivity contribution in [3.05, 3.63) is 0 Å². The van der Waals surface area contributed by atoms with Crippen LogP contribution in [0.4, 0.5) is 0 Å². The van der Waals surface area contributed by atoms with Gasteiger partial charge in [-0.1, -0.05) is 0 Å². The van der Waals surface area contributed by atoms with Gasteiger partial charge in [0.1, 0.15) is 0 Å². The topological polar surface area (TPSA) is 72.3 Å². The lowest BCUT2D eigenvalue weighted by Crippen LogP contribution is -2.52. The summed E-state index contributed by atoms with van der Waals surface area (Å²) in [5.41, 5.74) is 10.3. The van der Waals surface area contributed by atoms with Gasteiger partial charge in [0.05, 0.1) is 5.54 Å². The molecule has 0 bridgehead atoms. The fraction of sp³-hybridized carbons (Fsp3) is 0.875. The lowest BCUT2D eigenvalue weighted by Gasteiger charge is -2.23. The van der Waals surface area contributed by atoms with E-state index in [4.69, 9.17) is 11.5 Å². The maximum atomic E-state index is 11.0. The van der Waals surface area contributed by atoms with Gasteiger partial charge in [0, 0.05) is 6.54 Å². The Bertz CT molecular complexity index is 183. The molecule has 4 nitrogen and oxygen atoms in total. The minimum atomic E-state index is -0.759. The zero-order valence-electron chi connectivity index (χ0n) is 7.55. The summed E-state index contributed by atoms with van der Waals surface area (Å²) in [4.78, 5) is 13.2.